The van der Waals surface area contributed by atoms with Crippen molar-refractivity contribution in [3.63, 3.8) is 0 Å². The van der Waals surface area contributed by atoms with Crippen LogP contribution in [0.1, 0.15) is 29.8 Å². The minimum Gasteiger partial charge on any atom is -0.440 e. The van der Waals surface area contributed by atoms with E-state index in [-0.39, 0.29) is 11.1 Å². The summed E-state index contributed by atoms with van der Waals surface area (Å²) in [7, 11) is 0. The monoisotopic (exact) mass is 268 g/mol. The minimum absolute atomic E-state index is 0.0318. The van der Waals surface area contributed by atoms with Crippen molar-refractivity contribution in [1.82, 2.24) is 9.80 Å². The zero-order chi connectivity index (χ0) is 12.5. The molecule has 1 amide bonds. The van der Waals surface area contributed by atoms with Crippen LogP contribution in [0, 0.1) is 0 Å². The van der Waals surface area contributed by atoms with Crippen LogP contribution in [0.4, 0.5) is 0 Å². The summed E-state index contributed by atoms with van der Waals surface area (Å²) < 4.78 is 5.21. The first-order valence-electron chi connectivity index (χ1n) is 6.53. The Morgan fingerprint density at radius 3 is 2.89 bits per heavy atom. The lowest BCUT2D eigenvalue weighted by atomic mass is 10.2. The van der Waals surface area contributed by atoms with Crippen LogP contribution in [0.25, 0.3) is 0 Å². The molecule has 18 heavy (non-hydrogen) atoms. The predicted octanol–water partition coefficient (Wildman–Crippen LogP) is 2.24. The molecule has 1 aromatic rings. The average molecular weight is 269 g/mol. The summed E-state index contributed by atoms with van der Waals surface area (Å²) in [6, 6.07) is 3.80. The summed E-state index contributed by atoms with van der Waals surface area (Å²) in [4.78, 5) is 16.7. The standard InChI is InChI=1S/C13H17ClN2O2/c14-12-5-4-11(18-12)13(17)16-8-2-7-15-6-1-3-10(15)9-16/h4-5,10H,1-3,6-9H2. The van der Waals surface area contributed by atoms with Gasteiger partial charge in [-0.1, -0.05) is 0 Å². The van der Waals surface area contributed by atoms with E-state index in [0.29, 0.717) is 11.8 Å². The Morgan fingerprint density at radius 1 is 1.28 bits per heavy atom. The maximum Gasteiger partial charge on any atom is 0.289 e. The summed E-state index contributed by atoms with van der Waals surface area (Å²) in [5, 5.41) is 0.274. The zero-order valence-electron chi connectivity index (χ0n) is 10.3. The first-order chi connectivity index (χ1) is 8.74. The molecule has 2 aliphatic heterocycles. The molecule has 1 unspecified atom stereocenters. The fourth-order valence-corrected chi connectivity index (χ4v) is 3.12. The van der Waals surface area contributed by atoms with E-state index < -0.39 is 0 Å². The molecule has 0 aromatic carbocycles. The number of amides is 1. The van der Waals surface area contributed by atoms with E-state index in [4.69, 9.17) is 16.0 Å². The van der Waals surface area contributed by atoms with Gasteiger partial charge in [0.2, 0.25) is 0 Å². The van der Waals surface area contributed by atoms with Crippen LogP contribution >= 0.6 is 11.6 Å². The van der Waals surface area contributed by atoms with Gasteiger partial charge < -0.3 is 9.32 Å². The van der Waals surface area contributed by atoms with Crippen molar-refractivity contribution < 1.29 is 9.21 Å². The van der Waals surface area contributed by atoms with Crippen LogP contribution in [0.3, 0.4) is 0 Å². The van der Waals surface area contributed by atoms with E-state index in [1.54, 1.807) is 12.1 Å². The highest BCUT2D eigenvalue weighted by atomic mass is 35.5. The molecule has 2 saturated heterocycles. The van der Waals surface area contributed by atoms with Gasteiger partial charge >= 0.3 is 0 Å². The molecule has 2 fully saturated rings. The fraction of sp³-hybridized carbons (Fsp3) is 0.615. The Bertz CT molecular complexity index is 446. The Morgan fingerprint density at radius 2 is 2.11 bits per heavy atom. The molecule has 2 aliphatic rings. The molecular formula is C13H17ClN2O2. The molecule has 0 N–H and O–H groups in total. The first-order valence-corrected chi connectivity index (χ1v) is 6.90. The normalized spacial score (nSPS) is 24.9. The minimum atomic E-state index is -0.0318. The van der Waals surface area contributed by atoms with Gasteiger partial charge in [-0.15, -0.1) is 0 Å². The fourth-order valence-electron chi connectivity index (χ4n) is 2.98. The lowest BCUT2D eigenvalue weighted by Gasteiger charge is -2.25. The highest BCUT2D eigenvalue weighted by molar-refractivity contribution is 6.29. The van der Waals surface area contributed by atoms with Gasteiger partial charge in [0.15, 0.2) is 11.0 Å². The number of rotatable bonds is 1. The maximum absolute atomic E-state index is 12.3. The summed E-state index contributed by atoms with van der Waals surface area (Å²) in [6.07, 6.45) is 3.48. The second-order valence-corrected chi connectivity index (χ2v) is 5.41. The lowest BCUT2D eigenvalue weighted by Crippen LogP contribution is -2.39. The van der Waals surface area contributed by atoms with Crippen molar-refractivity contribution in [3.05, 3.63) is 23.1 Å². The van der Waals surface area contributed by atoms with Crippen LogP contribution in [-0.2, 0) is 0 Å². The highest BCUT2D eigenvalue weighted by Gasteiger charge is 2.31. The van der Waals surface area contributed by atoms with E-state index in [2.05, 4.69) is 4.90 Å². The van der Waals surface area contributed by atoms with Crippen LogP contribution < -0.4 is 0 Å². The Balaban J connectivity index is 1.73. The predicted molar refractivity (Wildman–Crippen MR) is 68.8 cm³/mol. The van der Waals surface area contributed by atoms with Gasteiger partial charge in [-0.2, -0.15) is 0 Å². The molecule has 0 saturated carbocycles. The number of fused-ring (bicyclic) bond motifs is 1. The van der Waals surface area contributed by atoms with Gasteiger partial charge in [0.25, 0.3) is 5.91 Å². The largest absolute Gasteiger partial charge is 0.440 e. The topological polar surface area (TPSA) is 36.7 Å². The Labute approximate surface area is 111 Å². The van der Waals surface area contributed by atoms with E-state index >= 15 is 0 Å². The van der Waals surface area contributed by atoms with Gasteiger partial charge in [-0.05, 0) is 49.5 Å². The van der Waals surface area contributed by atoms with E-state index in [1.165, 1.54) is 19.4 Å². The number of nitrogens with zero attached hydrogens (tertiary/aromatic N) is 2. The summed E-state index contributed by atoms with van der Waals surface area (Å²) in [5.41, 5.74) is 0. The van der Waals surface area contributed by atoms with Gasteiger partial charge in [0.1, 0.15) is 0 Å². The molecule has 3 heterocycles. The highest BCUT2D eigenvalue weighted by Crippen LogP contribution is 2.23. The molecule has 3 rings (SSSR count). The smallest absolute Gasteiger partial charge is 0.289 e. The van der Waals surface area contributed by atoms with Crippen molar-refractivity contribution in [2.24, 2.45) is 0 Å². The van der Waals surface area contributed by atoms with Crippen molar-refractivity contribution in [2.75, 3.05) is 26.2 Å². The van der Waals surface area contributed by atoms with Crippen LogP contribution in [0.15, 0.2) is 16.5 Å². The molecule has 1 aromatic heterocycles. The Kier molecular flexibility index (Phi) is 3.31. The molecule has 98 valence electrons. The summed E-state index contributed by atoms with van der Waals surface area (Å²) in [6.45, 7) is 3.91. The molecule has 0 bridgehead atoms. The molecule has 1 atom stereocenters. The van der Waals surface area contributed by atoms with Crippen molar-refractivity contribution in [1.29, 1.82) is 0 Å². The average Bonchev–Trinajstić information content (AvgIpc) is 2.93. The Hall–Kier alpha value is -1.00. The molecule has 0 radical (unpaired) electrons. The second-order valence-electron chi connectivity index (χ2n) is 5.04. The molecular weight excluding hydrogens is 252 g/mol. The van der Waals surface area contributed by atoms with Crippen molar-refractivity contribution in [2.45, 2.75) is 25.3 Å². The number of hydrogen-bond donors (Lipinski definition) is 0. The maximum atomic E-state index is 12.3. The van der Waals surface area contributed by atoms with Crippen LogP contribution in [0.5, 0.6) is 0 Å². The summed E-state index contributed by atoms with van der Waals surface area (Å²) in [5.74, 6) is 0.321. The quantitative estimate of drug-likeness (QED) is 0.784. The zero-order valence-corrected chi connectivity index (χ0v) is 11.0. The van der Waals surface area contributed by atoms with E-state index in [0.717, 1.165) is 26.1 Å². The third kappa shape index (κ3) is 2.27. The number of hydrogen-bond acceptors (Lipinski definition) is 3. The van der Waals surface area contributed by atoms with Crippen molar-refractivity contribution in [3.8, 4) is 0 Å². The lowest BCUT2D eigenvalue weighted by molar-refractivity contribution is 0.0711. The number of furan rings is 1. The van der Waals surface area contributed by atoms with Gasteiger partial charge in [0.05, 0.1) is 0 Å². The van der Waals surface area contributed by atoms with Crippen molar-refractivity contribution >= 4 is 17.5 Å². The molecule has 4 nitrogen and oxygen atoms in total. The number of carbonyl (C=O) groups excluding carboxylic acids is 1. The third-order valence-electron chi connectivity index (χ3n) is 3.87. The molecule has 5 heteroatoms. The van der Waals surface area contributed by atoms with Crippen LogP contribution in [0.2, 0.25) is 5.22 Å². The summed E-state index contributed by atoms with van der Waals surface area (Å²) >= 11 is 5.72. The molecule has 0 spiro atoms. The van der Waals surface area contributed by atoms with Gasteiger partial charge in [-0.3, -0.25) is 9.69 Å². The number of halogens is 1. The first kappa shape index (κ1) is 12.1. The van der Waals surface area contributed by atoms with Crippen LogP contribution in [-0.4, -0.2) is 47.9 Å². The third-order valence-corrected chi connectivity index (χ3v) is 4.08. The SMILES string of the molecule is O=C(c1ccc(Cl)o1)N1CCCN2CCCC2C1. The van der Waals surface area contributed by atoms with Gasteiger partial charge in [0, 0.05) is 25.7 Å². The van der Waals surface area contributed by atoms with Gasteiger partial charge in [-0.25, -0.2) is 0 Å². The van der Waals surface area contributed by atoms with E-state index in [9.17, 15) is 4.79 Å². The second kappa shape index (κ2) is 4.94. The molecule has 0 aliphatic carbocycles. The van der Waals surface area contributed by atoms with E-state index in [1.807, 2.05) is 4.90 Å². The number of carbonyl (C=O) groups is 1.